The molecule has 0 aromatic carbocycles. The van der Waals surface area contributed by atoms with Gasteiger partial charge in [0.1, 0.15) is 11.5 Å². The average molecular weight is 281 g/mol. The van der Waals surface area contributed by atoms with Gasteiger partial charge in [0.2, 0.25) is 0 Å². The molecule has 1 saturated heterocycles. The van der Waals surface area contributed by atoms with Crippen LogP contribution in [0.2, 0.25) is 0 Å². The molecule has 1 aliphatic heterocycles. The number of ether oxygens (including phenoxy) is 1. The van der Waals surface area contributed by atoms with E-state index in [1.807, 2.05) is 0 Å². The second-order valence-electron chi connectivity index (χ2n) is 3.96. The van der Waals surface area contributed by atoms with E-state index in [2.05, 4.69) is 4.98 Å². The predicted molar refractivity (Wildman–Crippen MR) is 61.9 cm³/mol. The summed E-state index contributed by atoms with van der Waals surface area (Å²) in [6.45, 7) is 1.36. The monoisotopic (exact) mass is 280 g/mol. The fourth-order valence-corrected chi connectivity index (χ4v) is 2.08. The van der Waals surface area contributed by atoms with Crippen LogP contribution in [0.1, 0.15) is 5.69 Å². The molecule has 0 amide bonds. The number of hydrogen-bond donors (Lipinski definition) is 0. The first-order valence-electron chi connectivity index (χ1n) is 5.47. The van der Waals surface area contributed by atoms with Crippen LogP contribution < -0.4 is 4.90 Å². The van der Waals surface area contributed by atoms with Crippen molar-refractivity contribution in [1.82, 2.24) is 4.98 Å². The predicted octanol–water partition coefficient (Wildman–Crippen LogP) is 2.54. The summed E-state index contributed by atoms with van der Waals surface area (Å²) >= 11 is 5.78. The largest absolute Gasteiger partial charge is 0.433 e. The number of aromatic nitrogens is 1. The molecule has 1 aromatic rings. The fourth-order valence-electron chi connectivity index (χ4n) is 1.83. The van der Waals surface area contributed by atoms with E-state index in [1.165, 1.54) is 6.07 Å². The van der Waals surface area contributed by atoms with Gasteiger partial charge in [-0.15, -0.1) is 11.6 Å². The standard InChI is InChI=1S/C11H12ClF3N2O/c12-6-8-7-18-5-4-17(8)10-3-1-2-9(16-10)11(13,14)15/h1-3,8H,4-7H2. The van der Waals surface area contributed by atoms with Crippen LogP contribution in [0.15, 0.2) is 18.2 Å². The van der Waals surface area contributed by atoms with Crippen LogP contribution in [0.25, 0.3) is 0 Å². The lowest BCUT2D eigenvalue weighted by molar-refractivity contribution is -0.141. The number of rotatable bonds is 2. The van der Waals surface area contributed by atoms with Gasteiger partial charge in [0.05, 0.1) is 19.3 Å². The minimum absolute atomic E-state index is 0.142. The van der Waals surface area contributed by atoms with Crippen molar-refractivity contribution in [3.63, 3.8) is 0 Å². The van der Waals surface area contributed by atoms with Crippen LogP contribution in [0.3, 0.4) is 0 Å². The van der Waals surface area contributed by atoms with E-state index in [9.17, 15) is 13.2 Å². The molecule has 0 saturated carbocycles. The molecular formula is C11H12ClF3N2O. The number of alkyl halides is 4. The molecule has 1 unspecified atom stereocenters. The van der Waals surface area contributed by atoms with E-state index in [0.717, 1.165) is 6.07 Å². The third-order valence-corrected chi connectivity index (χ3v) is 3.08. The maximum absolute atomic E-state index is 12.6. The van der Waals surface area contributed by atoms with Gasteiger partial charge in [-0.1, -0.05) is 6.07 Å². The lowest BCUT2D eigenvalue weighted by atomic mass is 10.2. The highest BCUT2D eigenvalue weighted by Crippen LogP contribution is 2.29. The van der Waals surface area contributed by atoms with Gasteiger partial charge in [-0.3, -0.25) is 0 Å². The van der Waals surface area contributed by atoms with E-state index in [4.69, 9.17) is 16.3 Å². The lowest BCUT2D eigenvalue weighted by Crippen LogP contribution is -2.47. The molecule has 18 heavy (non-hydrogen) atoms. The molecule has 1 aromatic heterocycles. The number of pyridine rings is 1. The Morgan fingerprint density at radius 2 is 2.22 bits per heavy atom. The summed E-state index contributed by atoms with van der Waals surface area (Å²) in [5, 5.41) is 0. The van der Waals surface area contributed by atoms with E-state index in [-0.39, 0.29) is 11.9 Å². The molecule has 0 aliphatic carbocycles. The zero-order valence-corrected chi connectivity index (χ0v) is 10.2. The SMILES string of the molecule is FC(F)(F)c1cccc(N2CCOCC2CCl)n1. The molecule has 0 bridgehead atoms. The van der Waals surface area contributed by atoms with Gasteiger partial charge in [-0.05, 0) is 12.1 Å². The summed E-state index contributed by atoms with van der Waals surface area (Å²) in [5.41, 5.74) is -0.889. The third kappa shape index (κ3) is 2.87. The Bertz CT molecular complexity index is 414. The normalized spacial score (nSPS) is 21.1. The van der Waals surface area contributed by atoms with Crippen molar-refractivity contribution >= 4 is 17.4 Å². The van der Waals surface area contributed by atoms with Crippen LogP contribution in [0.4, 0.5) is 19.0 Å². The molecule has 3 nitrogen and oxygen atoms in total. The molecule has 1 atom stereocenters. The Morgan fingerprint density at radius 1 is 1.44 bits per heavy atom. The summed E-state index contributed by atoms with van der Waals surface area (Å²) in [6.07, 6.45) is -4.43. The minimum atomic E-state index is -4.43. The Balaban J connectivity index is 2.27. The molecule has 2 rings (SSSR count). The average Bonchev–Trinajstić information content (AvgIpc) is 2.38. The molecule has 1 aliphatic rings. The van der Waals surface area contributed by atoms with E-state index in [0.29, 0.717) is 25.6 Å². The number of nitrogens with zero attached hydrogens (tertiary/aromatic N) is 2. The number of morpholine rings is 1. The first-order valence-corrected chi connectivity index (χ1v) is 6.00. The van der Waals surface area contributed by atoms with Gasteiger partial charge in [0.25, 0.3) is 0 Å². The van der Waals surface area contributed by atoms with Gasteiger partial charge >= 0.3 is 6.18 Å². The second-order valence-corrected chi connectivity index (χ2v) is 4.26. The van der Waals surface area contributed by atoms with Crippen molar-refractivity contribution in [1.29, 1.82) is 0 Å². The van der Waals surface area contributed by atoms with E-state index >= 15 is 0 Å². The first-order chi connectivity index (χ1) is 8.52. The summed E-state index contributed by atoms with van der Waals surface area (Å²) in [6, 6.07) is 3.72. The van der Waals surface area contributed by atoms with Crippen molar-refractivity contribution in [3.05, 3.63) is 23.9 Å². The summed E-state index contributed by atoms with van der Waals surface area (Å²) in [7, 11) is 0. The van der Waals surface area contributed by atoms with Crippen molar-refractivity contribution < 1.29 is 17.9 Å². The van der Waals surface area contributed by atoms with Gasteiger partial charge in [0, 0.05) is 12.4 Å². The van der Waals surface area contributed by atoms with Gasteiger partial charge in [-0.25, -0.2) is 4.98 Å². The molecule has 0 N–H and O–H groups in total. The minimum Gasteiger partial charge on any atom is -0.377 e. The Morgan fingerprint density at radius 3 is 2.89 bits per heavy atom. The molecule has 0 radical (unpaired) electrons. The van der Waals surface area contributed by atoms with Crippen LogP contribution >= 0.6 is 11.6 Å². The molecule has 2 heterocycles. The molecule has 0 spiro atoms. The highest BCUT2D eigenvalue weighted by molar-refractivity contribution is 6.18. The highest BCUT2D eigenvalue weighted by Gasteiger charge is 2.33. The maximum Gasteiger partial charge on any atom is 0.433 e. The summed E-state index contributed by atoms with van der Waals surface area (Å²) < 4.78 is 43.0. The summed E-state index contributed by atoms with van der Waals surface area (Å²) in [4.78, 5) is 5.41. The first kappa shape index (κ1) is 13.4. The number of anilines is 1. The Hall–Kier alpha value is -1.01. The molecule has 1 fully saturated rings. The van der Waals surface area contributed by atoms with Crippen LogP contribution in [0, 0.1) is 0 Å². The van der Waals surface area contributed by atoms with Crippen molar-refractivity contribution in [2.75, 3.05) is 30.5 Å². The van der Waals surface area contributed by atoms with Gasteiger partial charge in [-0.2, -0.15) is 13.2 Å². The smallest absolute Gasteiger partial charge is 0.377 e. The topological polar surface area (TPSA) is 25.4 Å². The zero-order valence-electron chi connectivity index (χ0n) is 9.45. The van der Waals surface area contributed by atoms with E-state index in [1.54, 1.807) is 11.0 Å². The summed E-state index contributed by atoms with van der Waals surface area (Å²) in [5.74, 6) is 0.580. The van der Waals surface area contributed by atoms with Crippen LogP contribution in [-0.4, -0.2) is 36.7 Å². The molecule has 100 valence electrons. The number of hydrogen-bond acceptors (Lipinski definition) is 3. The lowest BCUT2D eigenvalue weighted by Gasteiger charge is -2.35. The Kier molecular flexibility index (Phi) is 3.97. The van der Waals surface area contributed by atoms with E-state index < -0.39 is 11.9 Å². The Labute approximate surface area is 108 Å². The quantitative estimate of drug-likeness (QED) is 0.779. The second kappa shape index (κ2) is 5.32. The highest BCUT2D eigenvalue weighted by atomic mass is 35.5. The van der Waals surface area contributed by atoms with Gasteiger partial charge in [0.15, 0.2) is 0 Å². The van der Waals surface area contributed by atoms with Crippen LogP contribution in [-0.2, 0) is 10.9 Å². The molecule has 7 heteroatoms. The molecular weight excluding hydrogens is 269 g/mol. The van der Waals surface area contributed by atoms with Gasteiger partial charge < -0.3 is 9.64 Å². The fraction of sp³-hybridized carbons (Fsp3) is 0.545. The zero-order chi connectivity index (χ0) is 13.2. The third-order valence-electron chi connectivity index (χ3n) is 2.72. The van der Waals surface area contributed by atoms with Crippen LogP contribution in [0.5, 0.6) is 0 Å². The number of halogens is 4. The van der Waals surface area contributed by atoms with Crippen molar-refractivity contribution in [2.24, 2.45) is 0 Å². The maximum atomic E-state index is 12.6. The van der Waals surface area contributed by atoms with Crippen molar-refractivity contribution in [2.45, 2.75) is 12.2 Å². The van der Waals surface area contributed by atoms with Crippen molar-refractivity contribution in [3.8, 4) is 0 Å².